The van der Waals surface area contributed by atoms with Crippen LogP contribution in [-0.2, 0) is 0 Å². The molecule has 0 unspecified atom stereocenters. The quantitative estimate of drug-likeness (QED) is 0.896. The van der Waals surface area contributed by atoms with Crippen molar-refractivity contribution in [2.24, 2.45) is 0 Å². The second-order valence-corrected chi connectivity index (χ2v) is 5.38. The molecule has 2 aromatic rings. The van der Waals surface area contributed by atoms with Gasteiger partial charge in [0.25, 0.3) is 0 Å². The van der Waals surface area contributed by atoms with E-state index < -0.39 is 5.97 Å². The second-order valence-electron chi connectivity index (χ2n) is 5.38. The summed E-state index contributed by atoms with van der Waals surface area (Å²) < 4.78 is 13.7. The van der Waals surface area contributed by atoms with Crippen molar-refractivity contribution < 1.29 is 14.3 Å². The first-order chi connectivity index (χ1) is 10.1. The largest absolute Gasteiger partial charge is 0.478 e. The molecule has 4 heteroatoms. The van der Waals surface area contributed by atoms with Gasteiger partial charge < -0.3 is 10.4 Å². The summed E-state index contributed by atoms with van der Waals surface area (Å²) in [7, 11) is 0. The molecule has 0 heterocycles. The molecule has 2 N–H and O–H groups in total. The highest BCUT2D eigenvalue weighted by atomic mass is 19.1. The Morgan fingerprint density at radius 1 is 1.10 bits per heavy atom. The molecule has 0 bridgehead atoms. The fourth-order valence-corrected chi connectivity index (χ4v) is 2.81. The van der Waals surface area contributed by atoms with Crippen molar-refractivity contribution in [1.82, 2.24) is 0 Å². The molecular weight excluding hydrogens is 269 g/mol. The molecule has 3 rings (SSSR count). The maximum atomic E-state index is 13.7. The minimum absolute atomic E-state index is 0.160. The predicted octanol–water partition coefficient (Wildman–Crippen LogP) is 3.88. The molecule has 0 amide bonds. The summed E-state index contributed by atoms with van der Waals surface area (Å²) in [6.45, 7) is 0. The molecule has 0 saturated heterocycles. The van der Waals surface area contributed by atoms with Gasteiger partial charge in [-0.05, 0) is 42.5 Å². The van der Waals surface area contributed by atoms with Crippen LogP contribution in [-0.4, -0.2) is 17.1 Å². The highest BCUT2D eigenvalue weighted by Gasteiger charge is 2.32. The number of benzene rings is 2. The van der Waals surface area contributed by atoms with E-state index in [1.807, 2.05) is 18.2 Å². The van der Waals surface area contributed by atoms with E-state index in [4.69, 9.17) is 5.11 Å². The van der Waals surface area contributed by atoms with E-state index in [1.165, 1.54) is 6.07 Å². The Morgan fingerprint density at radius 3 is 2.48 bits per heavy atom. The number of anilines is 1. The molecule has 3 nitrogen and oxygen atoms in total. The molecule has 0 atom stereocenters. The number of rotatable bonds is 4. The van der Waals surface area contributed by atoms with Crippen LogP contribution in [0.5, 0.6) is 0 Å². The third-order valence-electron chi connectivity index (χ3n) is 4.00. The van der Waals surface area contributed by atoms with Crippen molar-refractivity contribution in [3.05, 3.63) is 65.5 Å². The van der Waals surface area contributed by atoms with E-state index in [-0.39, 0.29) is 23.3 Å². The summed E-state index contributed by atoms with van der Waals surface area (Å²) in [5, 5.41) is 12.4. The van der Waals surface area contributed by atoms with Crippen molar-refractivity contribution in [2.45, 2.75) is 24.8 Å². The number of nitrogens with one attached hydrogen (secondary N) is 1. The smallest absolute Gasteiger partial charge is 0.337 e. The molecule has 0 aromatic heterocycles. The van der Waals surface area contributed by atoms with Gasteiger partial charge in [-0.15, -0.1) is 0 Å². The van der Waals surface area contributed by atoms with Gasteiger partial charge in [0, 0.05) is 11.7 Å². The third kappa shape index (κ3) is 2.75. The molecule has 2 aromatic carbocycles. The van der Waals surface area contributed by atoms with Crippen molar-refractivity contribution in [2.75, 3.05) is 5.32 Å². The molecule has 1 fully saturated rings. The maximum absolute atomic E-state index is 13.7. The predicted molar refractivity (Wildman–Crippen MR) is 79.2 cm³/mol. The highest BCUT2D eigenvalue weighted by molar-refractivity contribution is 5.94. The summed E-state index contributed by atoms with van der Waals surface area (Å²) in [5.74, 6) is -0.893. The minimum atomic E-state index is -0.942. The van der Waals surface area contributed by atoms with Crippen molar-refractivity contribution in [3.8, 4) is 0 Å². The van der Waals surface area contributed by atoms with Crippen molar-refractivity contribution >= 4 is 11.7 Å². The molecule has 108 valence electrons. The van der Waals surface area contributed by atoms with Crippen LogP contribution in [0.1, 0.15) is 34.7 Å². The summed E-state index contributed by atoms with van der Waals surface area (Å²) >= 11 is 0. The fourth-order valence-electron chi connectivity index (χ4n) is 2.81. The molecule has 21 heavy (non-hydrogen) atoms. The van der Waals surface area contributed by atoms with Gasteiger partial charge in [-0.2, -0.15) is 0 Å². The van der Waals surface area contributed by atoms with Gasteiger partial charge in [0.15, 0.2) is 0 Å². The number of carboxylic acid groups (broad SMARTS) is 1. The monoisotopic (exact) mass is 285 g/mol. The van der Waals surface area contributed by atoms with Crippen LogP contribution in [0.15, 0.2) is 48.5 Å². The lowest BCUT2D eigenvalue weighted by Gasteiger charge is -2.37. The van der Waals surface area contributed by atoms with E-state index in [2.05, 4.69) is 5.32 Å². The molecule has 0 spiro atoms. The first kappa shape index (κ1) is 13.6. The van der Waals surface area contributed by atoms with Crippen LogP contribution in [0.3, 0.4) is 0 Å². The van der Waals surface area contributed by atoms with Gasteiger partial charge in [0.1, 0.15) is 5.82 Å². The lowest BCUT2D eigenvalue weighted by Crippen LogP contribution is -2.34. The van der Waals surface area contributed by atoms with E-state index in [9.17, 15) is 9.18 Å². The summed E-state index contributed by atoms with van der Waals surface area (Å²) in [6, 6.07) is 13.9. The number of para-hydroxylation sites is 1. The van der Waals surface area contributed by atoms with E-state index in [0.29, 0.717) is 5.69 Å². The number of hydrogen-bond acceptors (Lipinski definition) is 2. The summed E-state index contributed by atoms with van der Waals surface area (Å²) in [4.78, 5) is 11.2. The van der Waals surface area contributed by atoms with Crippen LogP contribution >= 0.6 is 0 Å². The lowest BCUT2D eigenvalue weighted by atomic mass is 9.75. The Hall–Kier alpha value is -2.36. The molecule has 1 aliphatic carbocycles. The van der Waals surface area contributed by atoms with E-state index in [0.717, 1.165) is 18.4 Å². The fraction of sp³-hybridized carbons (Fsp3) is 0.235. The Balaban J connectivity index is 1.66. The summed E-state index contributed by atoms with van der Waals surface area (Å²) in [5.41, 5.74) is 1.65. The first-order valence-electron chi connectivity index (χ1n) is 6.98. The maximum Gasteiger partial charge on any atom is 0.337 e. The average Bonchev–Trinajstić information content (AvgIpc) is 2.44. The zero-order valence-electron chi connectivity index (χ0n) is 11.4. The van der Waals surface area contributed by atoms with Crippen LogP contribution in [0.25, 0.3) is 0 Å². The molecule has 0 radical (unpaired) electrons. The van der Waals surface area contributed by atoms with E-state index in [1.54, 1.807) is 24.3 Å². The SMILES string of the molecule is O=C(O)c1ccccc1NC1CC(c2ccccc2F)C1. The Bertz CT molecular complexity index is 665. The van der Waals surface area contributed by atoms with Gasteiger partial charge in [-0.1, -0.05) is 30.3 Å². The topological polar surface area (TPSA) is 49.3 Å². The Kier molecular flexibility index (Phi) is 3.60. The zero-order chi connectivity index (χ0) is 14.8. The number of aromatic carboxylic acids is 1. The highest BCUT2D eigenvalue weighted by Crippen LogP contribution is 2.39. The van der Waals surface area contributed by atoms with Gasteiger partial charge >= 0.3 is 5.97 Å². The molecule has 0 aliphatic heterocycles. The standard InChI is InChI=1S/C17H16FNO2/c18-15-7-3-1-5-13(15)11-9-12(10-11)19-16-8-4-2-6-14(16)17(20)21/h1-8,11-12,19H,9-10H2,(H,20,21). The zero-order valence-corrected chi connectivity index (χ0v) is 11.4. The van der Waals surface area contributed by atoms with E-state index >= 15 is 0 Å². The Morgan fingerprint density at radius 2 is 1.76 bits per heavy atom. The second kappa shape index (κ2) is 5.56. The van der Waals surface area contributed by atoms with Gasteiger partial charge in [-0.3, -0.25) is 0 Å². The van der Waals surface area contributed by atoms with Gasteiger partial charge in [-0.25, -0.2) is 9.18 Å². The van der Waals surface area contributed by atoms with Crippen LogP contribution in [0.2, 0.25) is 0 Å². The lowest BCUT2D eigenvalue weighted by molar-refractivity contribution is 0.0698. The van der Waals surface area contributed by atoms with Gasteiger partial charge in [0.05, 0.1) is 5.56 Å². The summed E-state index contributed by atoms with van der Waals surface area (Å²) in [6.07, 6.45) is 1.63. The number of halogens is 1. The third-order valence-corrected chi connectivity index (χ3v) is 4.00. The number of hydrogen-bond donors (Lipinski definition) is 2. The van der Waals surface area contributed by atoms with Crippen molar-refractivity contribution in [1.29, 1.82) is 0 Å². The molecular formula is C17H16FNO2. The van der Waals surface area contributed by atoms with Crippen LogP contribution in [0.4, 0.5) is 10.1 Å². The minimum Gasteiger partial charge on any atom is -0.478 e. The molecule has 1 saturated carbocycles. The van der Waals surface area contributed by atoms with Crippen molar-refractivity contribution in [3.63, 3.8) is 0 Å². The number of carbonyl (C=O) groups is 1. The molecule has 1 aliphatic rings. The Labute approximate surface area is 122 Å². The first-order valence-corrected chi connectivity index (χ1v) is 6.98. The van der Waals surface area contributed by atoms with Gasteiger partial charge in [0.2, 0.25) is 0 Å². The van der Waals surface area contributed by atoms with Crippen LogP contribution in [0, 0.1) is 5.82 Å². The number of carboxylic acids is 1. The van der Waals surface area contributed by atoms with Crippen LogP contribution < -0.4 is 5.32 Å². The average molecular weight is 285 g/mol. The normalized spacial score (nSPS) is 20.6.